The molecule has 0 radical (unpaired) electrons. The van der Waals surface area contributed by atoms with E-state index in [1.165, 1.54) is 0 Å². The van der Waals surface area contributed by atoms with Gasteiger partial charge in [-0.05, 0) is 24.2 Å². The fourth-order valence-corrected chi connectivity index (χ4v) is 2.80. The van der Waals surface area contributed by atoms with Crippen molar-refractivity contribution in [3.05, 3.63) is 42.1 Å². The van der Waals surface area contributed by atoms with Gasteiger partial charge in [-0.3, -0.25) is 0 Å². The Morgan fingerprint density at radius 3 is 2.68 bits per heavy atom. The van der Waals surface area contributed by atoms with Gasteiger partial charge in [0.05, 0.1) is 5.69 Å². The lowest BCUT2D eigenvalue weighted by Crippen LogP contribution is -2.55. The van der Waals surface area contributed by atoms with E-state index in [4.69, 9.17) is 10.3 Å². The van der Waals surface area contributed by atoms with Crippen molar-refractivity contribution in [2.45, 2.75) is 32.7 Å². The largest absolute Gasteiger partial charge is 0.356 e. The molecule has 2 atom stereocenters. The van der Waals surface area contributed by atoms with Gasteiger partial charge in [0.15, 0.2) is 5.76 Å². The number of hydrogen-bond donors (Lipinski definition) is 1. The molecule has 0 aliphatic heterocycles. The van der Waals surface area contributed by atoms with Crippen molar-refractivity contribution in [3.8, 4) is 11.3 Å². The zero-order valence-corrected chi connectivity index (χ0v) is 11.5. The van der Waals surface area contributed by atoms with Crippen molar-refractivity contribution >= 4 is 0 Å². The third-order valence-corrected chi connectivity index (χ3v) is 4.62. The van der Waals surface area contributed by atoms with Gasteiger partial charge in [-0.2, -0.15) is 0 Å². The number of hydrogen-bond acceptors (Lipinski definition) is 3. The van der Waals surface area contributed by atoms with Gasteiger partial charge in [0, 0.05) is 17.7 Å². The van der Waals surface area contributed by atoms with Crippen LogP contribution in [0.4, 0.5) is 0 Å². The standard InChI is InChI=1S/C16H20N2O/c1-16(2)12(9-15(16)17)8-13-10-14(19-18-13)11-6-4-3-5-7-11/h3-7,10,12,15H,8-9,17H2,1-2H3/t12-,15+/m1/s1. The molecule has 1 aliphatic carbocycles. The summed E-state index contributed by atoms with van der Waals surface area (Å²) in [6.45, 7) is 4.48. The molecule has 0 amide bonds. The first-order valence-corrected chi connectivity index (χ1v) is 6.84. The smallest absolute Gasteiger partial charge is 0.167 e. The van der Waals surface area contributed by atoms with E-state index < -0.39 is 0 Å². The van der Waals surface area contributed by atoms with Gasteiger partial charge >= 0.3 is 0 Å². The zero-order valence-electron chi connectivity index (χ0n) is 11.5. The van der Waals surface area contributed by atoms with Crippen LogP contribution in [0, 0.1) is 11.3 Å². The Hall–Kier alpha value is -1.61. The molecule has 1 aromatic carbocycles. The molecular weight excluding hydrogens is 236 g/mol. The Morgan fingerprint density at radius 1 is 1.32 bits per heavy atom. The number of nitrogens with two attached hydrogens (primary N) is 1. The predicted molar refractivity (Wildman–Crippen MR) is 75.5 cm³/mol. The number of aromatic nitrogens is 1. The summed E-state index contributed by atoms with van der Waals surface area (Å²) in [5, 5.41) is 4.19. The highest BCUT2D eigenvalue weighted by Gasteiger charge is 2.45. The van der Waals surface area contributed by atoms with E-state index in [-0.39, 0.29) is 5.41 Å². The normalized spacial score (nSPS) is 25.0. The molecule has 0 spiro atoms. The van der Waals surface area contributed by atoms with Crippen LogP contribution in [0.2, 0.25) is 0 Å². The maximum absolute atomic E-state index is 6.05. The highest BCUT2D eigenvalue weighted by atomic mass is 16.5. The lowest BCUT2D eigenvalue weighted by atomic mass is 9.57. The summed E-state index contributed by atoms with van der Waals surface area (Å²) in [4.78, 5) is 0. The van der Waals surface area contributed by atoms with Gasteiger partial charge in [0.2, 0.25) is 0 Å². The van der Waals surface area contributed by atoms with E-state index in [9.17, 15) is 0 Å². The fourth-order valence-electron chi connectivity index (χ4n) is 2.80. The average molecular weight is 256 g/mol. The molecule has 2 N–H and O–H groups in total. The molecule has 1 aromatic heterocycles. The molecular formula is C16H20N2O. The van der Waals surface area contributed by atoms with Crippen LogP contribution in [0.3, 0.4) is 0 Å². The first kappa shape index (κ1) is 12.4. The van der Waals surface area contributed by atoms with Crippen molar-refractivity contribution in [2.75, 3.05) is 0 Å². The Balaban J connectivity index is 1.73. The van der Waals surface area contributed by atoms with E-state index in [2.05, 4.69) is 25.1 Å². The van der Waals surface area contributed by atoms with Crippen LogP contribution < -0.4 is 5.73 Å². The molecule has 3 rings (SSSR count). The molecule has 0 unspecified atom stereocenters. The quantitative estimate of drug-likeness (QED) is 0.917. The molecule has 1 fully saturated rings. The average Bonchev–Trinajstić information content (AvgIpc) is 2.88. The van der Waals surface area contributed by atoms with Gasteiger partial charge in [-0.25, -0.2) is 0 Å². The van der Waals surface area contributed by atoms with E-state index in [1.54, 1.807) is 0 Å². The summed E-state index contributed by atoms with van der Waals surface area (Å²) in [5.74, 6) is 1.45. The number of nitrogens with zero attached hydrogens (tertiary/aromatic N) is 1. The molecule has 2 aromatic rings. The third-order valence-electron chi connectivity index (χ3n) is 4.62. The topological polar surface area (TPSA) is 52.0 Å². The summed E-state index contributed by atoms with van der Waals surface area (Å²) < 4.78 is 5.43. The highest BCUT2D eigenvalue weighted by Crippen LogP contribution is 2.46. The molecule has 1 aliphatic rings. The second-order valence-electron chi connectivity index (χ2n) is 6.11. The summed E-state index contributed by atoms with van der Waals surface area (Å²) in [5.41, 5.74) is 8.37. The van der Waals surface area contributed by atoms with Crippen LogP contribution in [0.1, 0.15) is 26.0 Å². The van der Waals surface area contributed by atoms with E-state index in [0.717, 1.165) is 29.9 Å². The fraction of sp³-hybridized carbons (Fsp3) is 0.438. The first-order valence-electron chi connectivity index (χ1n) is 6.84. The van der Waals surface area contributed by atoms with Crippen molar-refractivity contribution in [1.82, 2.24) is 5.16 Å². The highest BCUT2D eigenvalue weighted by molar-refractivity contribution is 5.56. The molecule has 1 heterocycles. The van der Waals surface area contributed by atoms with Crippen LogP contribution in [0.15, 0.2) is 40.9 Å². The molecule has 3 heteroatoms. The van der Waals surface area contributed by atoms with E-state index in [0.29, 0.717) is 12.0 Å². The van der Waals surface area contributed by atoms with Crippen LogP contribution >= 0.6 is 0 Å². The number of rotatable bonds is 3. The second-order valence-corrected chi connectivity index (χ2v) is 6.11. The van der Waals surface area contributed by atoms with Crippen molar-refractivity contribution in [2.24, 2.45) is 17.1 Å². The van der Waals surface area contributed by atoms with E-state index >= 15 is 0 Å². The molecule has 19 heavy (non-hydrogen) atoms. The van der Waals surface area contributed by atoms with Gasteiger partial charge in [0.1, 0.15) is 0 Å². The van der Waals surface area contributed by atoms with Crippen LogP contribution in [-0.2, 0) is 6.42 Å². The maximum Gasteiger partial charge on any atom is 0.167 e. The van der Waals surface area contributed by atoms with Crippen LogP contribution in [0.25, 0.3) is 11.3 Å². The zero-order chi connectivity index (χ0) is 13.5. The second kappa shape index (κ2) is 4.49. The third kappa shape index (κ3) is 2.19. The Bertz CT molecular complexity index is 559. The first-order chi connectivity index (χ1) is 9.07. The lowest BCUT2D eigenvalue weighted by Gasteiger charge is -2.50. The van der Waals surface area contributed by atoms with Crippen molar-refractivity contribution in [3.63, 3.8) is 0 Å². The van der Waals surface area contributed by atoms with Gasteiger partial charge in [-0.1, -0.05) is 49.3 Å². The van der Waals surface area contributed by atoms with Crippen molar-refractivity contribution in [1.29, 1.82) is 0 Å². The molecule has 3 nitrogen and oxygen atoms in total. The minimum atomic E-state index is 0.214. The van der Waals surface area contributed by atoms with Crippen molar-refractivity contribution < 1.29 is 4.52 Å². The monoisotopic (exact) mass is 256 g/mol. The summed E-state index contributed by atoms with van der Waals surface area (Å²) in [6.07, 6.45) is 2.04. The molecule has 100 valence electrons. The van der Waals surface area contributed by atoms with Gasteiger partial charge in [0.25, 0.3) is 0 Å². The van der Waals surface area contributed by atoms with Crippen LogP contribution in [-0.4, -0.2) is 11.2 Å². The summed E-state index contributed by atoms with van der Waals surface area (Å²) >= 11 is 0. The molecule has 0 saturated heterocycles. The summed E-state index contributed by atoms with van der Waals surface area (Å²) in [7, 11) is 0. The Morgan fingerprint density at radius 2 is 2.05 bits per heavy atom. The lowest BCUT2D eigenvalue weighted by molar-refractivity contribution is 0.0370. The molecule has 1 saturated carbocycles. The van der Waals surface area contributed by atoms with E-state index in [1.807, 2.05) is 30.3 Å². The minimum Gasteiger partial charge on any atom is -0.356 e. The predicted octanol–water partition coefficient (Wildman–Crippen LogP) is 3.26. The Labute approximate surface area is 113 Å². The SMILES string of the molecule is CC1(C)[C@H](Cc2cc(-c3ccccc3)on2)C[C@@H]1N. The van der Waals surface area contributed by atoms with Crippen LogP contribution in [0.5, 0.6) is 0 Å². The summed E-state index contributed by atoms with van der Waals surface area (Å²) in [6, 6.07) is 12.4. The van der Waals surface area contributed by atoms with Gasteiger partial charge < -0.3 is 10.3 Å². The minimum absolute atomic E-state index is 0.214. The maximum atomic E-state index is 6.05. The number of benzene rings is 1. The van der Waals surface area contributed by atoms with Gasteiger partial charge in [-0.15, -0.1) is 0 Å². The Kier molecular flexibility index (Phi) is 2.94. The molecule has 0 bridgehead atoms.